The Bertz CT molecular complexity index is 321. The molecule has 3 atom stereocenters. The molecule has 0 aromatic rings. The minimum absolute atomic E-state index is 0.221. The molecule has 3 saturated carbocycles. The van der Waals surface area contributed by atoms with Gasteiger partial charge < -0.3 is 5.73 Å². The maximum Gasteiger partial charge on any atom is 0.119 e. The van der Waals surface area contributed by atoms with Crippen LogP contribution in [0.3, 0.4) is 0 Å². The van der Waals surface area contributed by atoms with Crippen LogP contribution in [0.5, 0.6) is 0 Å². The fourth-order valence-electron chi connectivity index (χ4n) is 5.29. The van der Waals surface area contributed by atoms with Gasteiger partial charge in [-0.05, 0) is 87.9 Å². The minimum Gasteiger partial charge on any atom is -0.328 e. The van der Waals surface area contributed by atoms with Gasteiger partial charge in [-0.2, -0.15) is 0 Å². The Morgan fingerprint density at radius 3 is 1.86 bits per heavy atom. The summed E-state index contributed by atoms with van der Waals surface area (Å²) in [6.45, 7) is 0. The third-order valence-electron chi connectivity index (χ3n) is 6.68. The Morgan fingerprint density at radius 2 is 1.24 bits per heavy atom. The van der Waals surface area contributed by atoms with Crippen molar-refractivity contribution in [3.8, 4) is 0 Å². The molecule has 0 spiro atoms. The highest BCUT2D eigenvalue weighted by Crippen LogP contribution is 2.45. The van der Waals surface area contributed by atoms with Crippen LogP contribution in [0, 0.1) is 23.7 Å². The Hall–Kier alpha value is 0.180. The van der Waals surface area contributed by atoms with Crippen molar-refractivity contribution in [3.05, 3.63) is 0 Å². The predicted molar refractivity (Wildman–Crippen MR) is 87.3 cm³/mol. The molecule has 0 heterocycles. The SMILES string of the molecule is NC1CCC(C2CCC(C3CCCC(Cl)C3F)CC2)CC1. The third-order valence-corrected chi connectivity index (χ3v) is 7.14. The van der Waals surface area contributed by atoms with Crippen LogP contribution < -0.4 is 5.73 Å². The van der Waals surface area contributed by atoms with Crippen molar-refractivity contribution in [1.29, 1.82) is 0 Å². The van der Waals surface area contributed by atoms with E-state index in [0.717, 1.165) is 31.1 Å². The molecule has 0 aliphatic heterocycles. The van der Waals surface area contributed by atoms with E-state index >= 15 is 0 Å². The van der Waals surface area contributed by atoms with Crippen LogP contribution in [0.2, 0.25) is 0 Å². The molecule has 1 nitrogen and oxygen atoms in total. The van der Waals surface area contributed by atoms with Crippen LogP contribution in [-0.4, -0.2) is 17.6 Å². The van der Waals surface area contributed by atoms with Crippen LogP contribution in [0.15, 0.2) is 0 Å². The van der Waals surface area contributed by atoms with Gasteiger partial charge in [0, 0.05) is 6.04 Å². The summed E-state index contributed by atoms with van der Waals surface area (Å²) < 4.78 is 14.4. The zero-order valence-corrected chi connectivity index (χ0v) is 13.9. The number of hydrogen-bond acceptors (Lipinski definition) is 1. The van der Waals surface area contributed by atoms with Gasteiger partial charge in [0.15, 0.2) is 0 Å². The molecule has 0 radical (unpaired) electrons. The van der Waals surface area contributed by atoms with Crippen molar-refractivity contribution in [2.45, 2.75) is 88.2 Å². The Morgan fingerprint density at radius 1 is 0.714 bits per heavy atom. The molecule has 2 N–H and O–H groups in total. The second-order valence-electron chi connectivity index (χ2n) is 7.90. The van der Waals surface area contributed by atoms with Crippen LogP contribution in [0.4, 0.5) is 4.39 Å². The zero-order valence-electron chi connectivity index (χ0n) is 13.2. The molecule has 21 heavy (non-hydrogen) atoms. The topological polar surface area (TPSA) is 26.0 Å². The number of hydrogen-bond donors (Lipinski definition) is 1. The molecule has 0 amide bonds. The van der Waals surface area contributed by atoms with Gasteiger partial charge in [0.25, 0.3) is 0 Å². The van der Waals surface area contributed by atoms with E-state index in [2.05, 4.69) is 0 Å². The maximum absolute atomic E-state index is 14.4. The van der Waals surface area contributed by atoms with Crippen LogP contribution >= 0.6 is 11.6 Å². The van der Waals surface area contributed by atoms with Gasteiger partial charge >= 0.3 is 0 Å². The second kappa shape index (κ2) is 7.17. The highest BCUT2D eigenvalue weighted by atomic mass is 35.5. The fraction of sp³-hybridized carbons (Fsp3) is 1.00. The molecule has 0 aromatic carbocycles. The first-order valence-corrected chi connectivity index (χ1v) is 9.62. The first kappa shape index (κ1) is 16.1. The molecule has 3 heteroatoms. The van der Waals surface area contributed by atoms with Crippen molar-refractivity contribution in [2.75, 3.05) is 0 Å². The molecule has 0 aromatic heterocycles. The monoisotopic (exact) mass is 315 g/mol. The van der Waals surface area contributed by atoms with Gasteiger partial charge in [0.1, 0.15) is 6.17 Å². The van der Waals surface area contributed by atoms with E-state index in [-0.39, 0.29) is 11.3 Å². The van der Waals surface area contributed by atoms with Crippen molar-refractivity contribution in [3.63, 3.8) is 0 Å². The lowest BCUT2D eigenvalue weighted by Gasteiger charge is -2.42. The van der Waals surface area contributed by atoms with E-state index < -0.39 is 6.17 Å². The Kier molecular flexibility index (Phi) is 5.48. The third kappa shape index (κ3) is 3.75. The van der Waals surface area contributed by atoms with E-state index in [1.807, 2.05) is 0 Å². The standard InChI is InChI=1S/C18H31ClFN/c19-17-3-1-2-16(18(17)20)14-6-4-12(5-7-14)13-8-10-15(21)11-9-13/h12-18H,1-11,21H2. The van der Waals surface area contributed by atoms with E-state index in [1.165, 1.54) is 51.4 Å². The van der Waals surface area contributed by atoms with Gasteiger partial charge in [-0.25, -0.2) is 4.39 Å². The van der Waals surface area contributed by atoms with Gasteiger partial charge in [-0.3, -0.25) is 0 Å². The first-order valence-electron chi connectivity index (χ1n) is 9.19. The van der Waals surface area contributed by atoms with Gasteiger partial charge in [0.2, 0.25) is 0 Å². The number of rotatable bonds is 2. The van der Waals surface area contributed by atoms with Gasteiger partial charge in [-0.15, -0.1) is 11.6 Å². The fourth-order valence-corrected chi connectivity index (χ4v) is 5.63. The quantitative estimate of drug-likeness (QED) is 0.708. The lowest BCUT2D eigenvalue weighted by molar-refractivity contribution is 0.0691. The molecule has 3 aliphatic rings. The zero-order chi connectivity index (χ0) is 14.8. The van der Waals surface area contributed by atoms with Gasteiger partial charge in [-0.1, -0.05) is 6.42 Å². The van der Waals surface area contributed by atoms with Crippen LogP contribution in [-0.2, 0) is 0 Å². The second-order valence-corrected chi connectivity index (χ2v) is 8.47. The van der Waals surface area contributed by atoms with E-state index in [9.17, 15) is 4.39 Å². The van der Waals surface area contributed by atoms with Crippen LogP contribution in [0.1, 0.15) is 70.6 Å². The molecular formula is C18H31ClFN. The molecule has 3 unspecified atom stereocenters. The molecule has 122 valence electrons. The lowest BCUT2D eigenvalue weighted by Crippen LogP contribution is -2.38. The van der Waals surface area contributed by atoms with E-state index in [4.69, 9.17) is 17.3 Å². The van der Waals surface area contributed by atoms with Crippen molar-refractivity contribution in [2.24, 2.45) is 29.4 Å². The number of nitrogens with two attached hydrogens (primary N) is 1. The predicted octanol–water partition coefficient (Wildman–Crippen LogP) is 5.06. The summed E-state index contributed by atoms with van der Waals surface area (Å²) in [4.78, 5) is 0. The molecule has 0 saturated heterocycles. The van der Waals surface area contributed by atoms with Crippen molar-refractivity contribution >= 4 is 11.6 Å². The number of halogens is 2. The molecule has 0 bridgehead atoms. The van der Waals surface area contributed by atoms with Crippen molar-refractivity contribution < 1.29 is 4.39 Å². The van der Waals surface area contributed by atoms with E-state index in [0.29, 0.717) is 12.0 Å². The minimum atomic E-state index is -0.755. The number of alkyl halides is 2. The summed E-state index contributed by atoms with van der Waals surface area (Å²) in [5.74, 6) is 2.65. The maximum atomic E-state index is 14.4. The Labute approximate surface area is 134 Å². The highest BCUT2D eigenvalue weighted by Gasteiger charge is 2.39. The summed E-state index contributed by atoms with van der Waals surface area (Å²) in [7, 11) is 0. The summed E-state index contributed by atoms with van der Waals surface area (Å²) in [5.41, 5.74) is 6.02. The normalized spacial score (nSPS) is 49.0. The van der Waals surface area contributed by atoms with E-state index in [1.54, 1.807) is 0 Å². The van der Waals surface area contributed by atoms with Crippen molar-refractivity contribution in [1.82, 2.24) is 0 Å². The molecular weight excluding hydrogens is 285 g/mol. The summed E-state index contributed by atoms with van der Waals surface area (Å²) >= 11 is 6.16. The van der Waals surface area contributed by atoms with Crippen LogP contribution in [0.25, 0.3) is 0 Å². The molecule has 3 rings (SSSR count). The largest absolute Gasteiger partial charge is 0.328 e. The molecule has 3 aliphatic carbocycles. The first-order chi connectivity index (χ1) is 10.1. The molecule has 3 fully saturated rings. The summed E-state index contributed by atoms with van der Waals surface area (Å²) in [6.07, 6.45) is 12.5. The average molecular weight is 316 g/mol. The summed E-state index contributed by atoms with van der Waals surface area (Å²) in [6, 6.07) is 0.452. The smallest absolute Gasteiger partial charge is 0.119 e. The highest BCUT2D eigenvalue weighted by molar-refractivity contribution is 6.21. The average Bonchev–Trinajstić information content (AvgIpc) is 2.51. The lowest BCUT2D eigenvalue weighted by atomic mass is 9.66. The Balaban J connectivity index is 1.48. The van der Waals surface area contributed by atoms with Gasteiger partial charge in [0.05, 0.1) is 5.38 Å². The summed E-state index contributed by atoms with van der Waals surface area (Å²) in [5, 5.41) is -0.221.